The lowest BCUT2D eigenvalue weighted by Gasteiger charge is -2.37. The van der Waals surface area contributed by atoms with E-state index >= 15 is 0 Å². The average Bonchev–Trinajstić information content (AvgIpc) is 3.01. The van der Waals surface area contributed by atoms with Gasteiger partial charge in [0, 0.05) is 25.6 Å². The zero-order chi connectivity index (χ0) is 20.3. The second kappa shape index (κ2) is 8.95. The number of hydrogen-bond acceptors (Lipinski definition) is 5. The molecule has 8 heteroatoms. The highest BCUT2D eigenvalue weighted by molar-refractivity contribution is 7.89. The molecule has 3 rings (SSSR count). The standard InChI is InChI=1S/C20H33N3O4S/c1-4-16-13-23(28(25,26)20-14(2)22-27-15(20)3)11-10-17(16)12-19(24)21-18-8-6-5-7-9-18/h16-18H,4-13H2,1-3H3,(H,21,24)/t16-,17-/m0/s1. The van der Waals surface area contributed by atoms with Crippen molar-refractivity contribution >= 4 is 15.9 Å². The normalized spacial score (nSPS) is 25.0. The molecule has 2 atom stereocenters. The Balaban J connectivity index is 1.62. The molecular formula is C20H33N3O4S. The lowest BCUT2D eigenvalue weighted by Crippen LogP contribution is -2.45. The van der Waals surface area contributed by atoms with Crippen molar-refractivity contribution in [3.05, 3.63) is 11.5 Å². The minimum Gasteiger partial charge on any atom is -0.360 e. The molecule has 0 bridgehead atoms. The summed E-state index contributed by atoms with van der Waals surface area (Å²) in [5, 5.41) is 6.99. The van der Waals surface area contributed by atoms with Crippen LogP contribution in [-0.2, 0) is 14.8 Å². The van der Waals surface area contributed by atoms with Gasteiger partial charge in [-0.2, -0.15) is 4.31 Å². The molecule has 1 aromatic heterocycles. The molecule has 1 aliphatic heterocycles. The van der Waals surface area contributed by atoms with E-state index < -0.39 is 10.0 Å². The highest BCUT2D eigenvalue weighted by Gasteiger charge is 2.38. The van der Waals surface area contributed by atoms with Crippen molar-refractivity contribution in [1.29, 1.82) is 0 Å². The van der Waals surface area contributed by atoms with Crippen molar-refractivity contribution in [3.63, 3.8) is 0 Å². The largest absolute Gasteiger partial charge is 0.360 e. The molecule has 1 saturated heterocycles. The predicted octanol–water partition coefficient (Wildman–Crippen LogP) is 3.17. The molecular weight excluding hydrogens is 378 g/mol. The summed E-state index contributed by atoms with van der Waals surface area (Å²) < 4.78 is 32.8. The third-order valence-corrected chi connectivity index (χ3v) is 8.47. The SMILES string of the molecule is CC[C@H]1CN(S(=O)(=O)c2c(C)noc2C)CC[C@H]1CC(=O)NC1CCCCC1. The maximum atomic E-state index is 13.1. The van der Waals surface area contributed by atoms with Crippen LogP contribution >= 0.6 is 0 Å². The second-order valence-corrected chi connectivity index (χ2v) is 10.2. The first-order chi connectivity index (χ1) is 13.3. The summed E-state index contributed by atoms with van der Waals surface area (Å²) in [5.41, 5.74) is 0.402. The van der Waals surface area contributed by atoms with Gasteiger partial charge in [-0.3, -0.25) is 4.79 Å². The number of nitrogens with one attached hydrogen (secondary N) is 1. The molecule has 7 nitrogen and oxygen atoms in total. The number of sulfonamides is 1. The van der Waals surface area contributed by atoms with E-state index in [0.717, 1.165) is 19.3 Å². The quantitative estimate of drug-likeness (QED) is 0.776. The summed E-state index contributed by atoms with van der Waals surface area (Å²) in [6.45, 7) is 6.24. The number of carbonyl (C=O) groups is 1. The minimum absolute atomic E-state index is 0.123. The highest BCUT2D eigenvalue weighted by Crippen LogP contribution is 2.33. The summed E-state index contributed by atoms with van der Waals surface area (Å²) >= 11 is 0. The van der Waals surface area contributed by atoms with Crippen molar-refractivity contribution < 1.29 is 17.7 Å². The van der Waals surface area contributed by atoms with E-state index in [0.29, 0.717) is 43.4 Å². The van der Waals surface area contributed by atoms with Crippen LogP contribution in [-0.4, -0.2) is 42.9 Å². The molecule has 0 unspecified atom stereocenters. The molecule has 0 radical (unpaired) electrons. The monoisotopic (exact) mass is 411 g/mol. The fourth-order valence-corrected chi connectivity index (χ4v) is 6.54. The van der Waals surface area contributed by atoms with Crippen LogP contribution in [0.2, 0.25) is 0 Å². The fourth-order valence-electron chi connectivity index (χ4n) is 4.74. The zero-order valence-electron chi connectivity index (χ0n) is 17.2. The second-order valence-electron chi connectivity index (χ2n) is 8.34. The average molecular weight is 412 g/mol. The van der Waals surface area contributed by atoms with Crippen LogP contribution in [0.4, 0.5) is 0 Å². The number of amides is 1. The van der Waals surface area contributed by atoms with Gasteiger partial charge in [0.15, 0.2) is 5.76 Å². The predicted molar refractivity (Wildman–Crippen MR) is 106 cm³/mol. The molecule has 0 spiro atoms. The topological polar surface area (TPSA) is 92.5 Å². The fraction of sp³-hybridized carbons (Fsp3) is 0.800. The molecule has 1 saturated carbocycles. The lowest BCUT2D eigenvalue weighted by molar-refractivity contribution is -0.123. The smallest absolute Gasteiger partial charge is 0.248 e. The van der Waals surface area contributed by atoms with Crippen molar-refractivity contribution in [1.82, 2.24) is 14.8 Å². The first-order valence-electron chi connectivity index (χ1n) is 10.5. The van der Waals surface area contributed by atoms with E-state index in [1.165, 1.54) is 19.3 Å². The van der Waals surface area contributed by atoms with E-state index in [1.807, 2.05) is 0 Å². The Morgan fingerprint density at radius 2 is 1.89 bits per heavy atom. The van der Waals surface area contributed by atoms with Gasteiger partial charge in [-0.15, -0.1) is 0 Å². The number of carbonyl (C=O) groups excluding carboxylic acids is 1. The molecule has 2 aliphatic rings. The summed E-state index contributed by atoms with van der Waals surface area (Å²) in [4.78, 5) is 12.7. The zero-order valence-corrected chi connectivity index (χ0v) is 18.1. The molecule has 28 heavy (non-hydrogen) atoms. The van der Waals surface area contributed by atoms with Crippen molar-refractivity contribution in [2.75, 3.05) is 13.1 Å². The molecule has 1 aromatic rings. The Hall–Kier alpha value is -1.41. The van der Waals surface area contributed by atoms with E-state index in [1.54, 1.807) is 18.2 Å². The van der Waals surface area contributed by atoms with Crippen LogP contribution in [0.25, 0.3) is 0 Å². The van der Waals surface area contributed by atoms with Gasteiger partial charge in [-0.05, 0) is 44.9 Å². The Morgan fingerprint density at radius 3 is 2.50 bits per heavy atom. The molecule has 0 aromatic carbocycles. The maximum absolute atomic E-state index is 13.1. The summed E-state index contributed by atoms with van der Waals surface area (Å²) in [7, 11) is -3.62. The van der Waals surface area contributed by atoms with Crippen LogP contribution < -0.4 is 5.32 Å². The number of piperidine rings is 1. The number of aromatic nitrogens is 1. The van der Waals surface area contributed by atoms with E-state index in [2.05, 4.69) is 17.4 Å². The van der Waals surface area contributed by atoms with Crippen molar-refractivity contribution in [3.8, 4) is 0 Å². The van der Waals surface area contributed by atoms with E-state index in [-0.39, 0.29) is 22.6 Å². The lowest BCUT2D eigenvalue weighted by atomic mass is 9.82. The van der Waals surface area contributed by atoms with Crippen LogP contribution in [0.5, 0.6) is 0 Å². The van der Waals surface area contributed by atoms with Crippen LogP contribution in [0.15, 0.2) is 9.42 Å². The van der Waals surface area contributed by atoms with Gasteiger partial charge in [0.05, 0.1) is 0 Å². The molecule has 2 heterocycles. The number of hydrogen-bond donors (Lipinski definition) is 1. The van der Waals surface area contributed by atoms with Gasteiger partial charge in [0.25, 0.3) is 0 Å². The molecule has 1 N–H and O–H groups in total. The highest BCUT2D eigenvalue weighted by atomic mass is 32.2. The molecule has 2 fully saturated rings. The van der Waals surface area contributed by atoms with Gasteiger partial charge in [-0.1, -0.05) is 37.8 Å². The van der Waals surface area contributed by atoms with Crippen LogP contribution in [0.3, 0.4) is 0 Å². The Labute approximate surface area is 168 Å². The number of aryl methyl sites for hydroxylation is 2. The van der Waals surface area contributed by atoms with Gasteiger partial charge >= 0.3 is 0 Å². The number of rotatable bonds is 6. The molecule has 1 amide bonds. The summed E-state index contributed by atoms with van der Waals surface area (Å²) in [5.74, 6) is 0.864. The van der Waals surface area contributed by atoms with Crippen LogP contribution in [0.1, 0.15) is 69.7 Å². The first kappa shape index (κ1) is 21.3. The minimum atomic E-state index is -3.62. The molecule has 158 valence electrons. The summed E-state index contributed by atoms with van der Waals surface area (Å²) in [6, 6.07) is 0.321. The van der Waals surface area contributed by atoms with Gasteiger partial charge in [-0.25, -0.2) is 8.42 Å². The van der Waals surface area contributed by atoms with Crippen molar-refractivity contribution in [2.45, 2.75) is 83.1 Å². The Kier molecular flexibility index (Phi) is 6.81. The van der Waals surface area contributed by atoms with Gasteiger partial charge in [0.1, 0.15) is 10.6 Å². The Bertz CT molecular complexity index is 764. The van der Waals surface area contributed by atoms with Gasteiger partial charge < -0.3 is 9.84 Å². The van der Waals surface area contributed by atoms with Crippen molar-refractivity contribution in [2.24, 2.45) is 11.8 Å². The van der Waals surface area contributed by atoms with Crippen LogP contribution in [0, 0.1) is 25.7 Å². The van der Waals surface area contributed by atoms with E-state index in [4.69, 9.17) is 4.52 Å². The summed E-state index contributed by atoms with van der Waals surface area (Å²) in [6.07, 6.45) is 7.87. The van der Waals surface area contributed by atoms with Gasteiger partial charge in [0.2, 0.25) is 15.9 Å². The van der Waals surface area contributed by atoms with E-state index in [9.17, 15) is 13.2 Å². The third-order valence-electron chi connectivity index (χ3n) is 6.36. The Morgan fingerprint density at radius 1 is 1.18 bits per heavy atom. The first-order valence-corrected chi connectivity index (χ1v) is 12.0. The third kappa shape index (κ3) is 4.59. The maximum Gasteiger partial charge on any atom is 0.248 e. The molecule has 1 aliphatic carbocycles. The number of nitrogens with zero attached hydrogens (tertiary/aromatic N) is 2.